The first kappa shape index (κ1) is 15.8. The summed E-state index contributed by atoms with van der Waals surface area (Å²) in [5.41, 5.74) is 3.28. The third kappa shape index (κ3) is 3.56. The van der Waals surface area contributed by atoms with Gasteiger partial charge in [-0.1, -0.05) is 13.8 Å². The molecule has 0 aliphatic heterocycles. The van der Waals surface area contributed by atoms with Crippen molar-refractivity contribution >= 4 is 6.03 Å². The molecule has 6 heteroatoms. The summed E-state index contributed by atoms with van der Waals surface area (Å²) in [7, 11) is 1.94. The lowest BCUT2D eigenvalue weighted by atomic mass is 10.1. The number of aliphatic hydroxyl groups is 1. The largest absolute Gasteiger partial charge is 0.396 e. The zero-order valence-corrected chi connectivity index (χ0v) is 13.2. The predicted molar refractivity (Wildman–Crippen MR) is 81.0 cm³/mol. The fourth-order valence-electron chi connectivity index (χ4n) is 2.66. The Morgan fingerprint density at radius 2 is 2.05 bits per heavy atom. The number of hydrogen-bond donors (Lipinski definition) is 3. The highest BCUT2D eigenvalue weighted by Crippen LogP contribution is 2.44. The zero-order valence-electron chi connectivity index (χ0n) is 13.2. The van der Waals surface area contributed by atoms with Gasteiger partial charge in [-0.25, -0.2) is 4.79 Å². The molecule has 1 fully saturated rings. The van der Waals surface area contributed by atoms with Crippen LogP contribution >= 0.6 is 0 Å². The monoisotopic (exact) mass is 294 g/mol. The van der Waals surface area contributed by atoms with Crippen molar-refractivity contribution in [3.63, 3.8) is 0 Å². The highest BCUT2D eigenvalue weighted by molar-refractivity contribution is 5.74. The summed E-state index contributed by atoms with van der Waals surface area (Å²) >= 11 is 0. The van der Waals surface area contributed by atoms with Gasteiger partial charge in [-0.3, -0.25) is 4.68 Å². The van der Waals surface area contributed by atoms with Crippen LogP contribution < -0.4 is 10.6 Å². The van der Waals surface area contributed by atoms with E-state index >= 15 is 0 Å². The number of rotatable bonds is 7. The molecule has 6 nitrogen and oxygen atoms in total. The van der Waals surface area contributed by atoms with Crippen molar-refractivity contribution in [2.75, 3.05) is 13.2 Å². The first-order chi connectivity index (χ1) is 10.0. The second kappa shape index (κ2) is 6.47. The van der Waals surface area contributed by atoms with Gasteiger partial charge >= 0.3 is 6.03 Å². The summed E-state index contributed by atoms with van der Waals surface area (Å²) in [6.07, 6.45) is 3.74. The fourth-order valence-corrected chi connectivity index (χ4v) is 2.66. The number of aliphatic hydroxyl groups excluding tert-OH is 1. The molecule has 0 bridgehead atoms. The number of hydrogen-bond acceptors (Lipinski definition) is 3. The van der Waals surface area contributed by atoms with Crippen LogP contribution in [0, 0.1) is 5.41 Å². The molecule has 3 N–H and O–H groups in total. The molecule has 0 saturated heterocycles. The molecule has 0 spiro atoms. The first-order valence-electron chi connectivity index (χ1n) is 7.71. The number of nitrogens with one attached hydrogen (secondary N) is 2. The van der Waals surface area contributed by atoms with E-state index < -0.39 is 0 Å². The van der Waals surface area contributed by atoms with E-state index in [-0.39, 0.29) is 18.1 Å². The molecule has 0 unspecified atom stereocenters. The van der Waals surface area contributed by atoms with Crippen LogP contribution in [0.25, 0.3) is 0 Å². The van der Waals surface area contributed by atoms with Gasteiger partial charge in [0, 0.05) is 36.8 Å². The second-order valence-corrected chi connectivity index (χ2v) is 5.90. The molecule has 0 aromatic carbocycles. The average Bonchev–Trinajstić information content (AvgIpc) is 3.21. The van der Waals surface area contributed by atoms with Crippen LogP contribution in [-0.2, 0) is 26.4 Å². The van der Waals surface area contributed by atoms with Gasteiger partial charge in [0.15, 0.2) is 0 Å². The van der Waals surface area contributed by atoms with Crippen LogP contribution in [0.1, 0.15) is 43.6 Å². The van der Waals surface area contributed by atoms with Crippen molar-refractivity contribution in [3.8, 4) is 0 Å². The number of carbonyl (C=O) groups excluding carboxylic acids is 1. The van der Waals surface area contributed by atoms with E-state index in [1.54, 1.807) is 0 Å². The molecule has 0 atom stereocenters. The molecule has 2 amide bonds. The summed E-state index contributed by atoms with van der Waals surface area (Å²) < 4.78 is 1.90. The Labute approximate surface area is 125 Å². The second-order valence-electron chi connectivity index (χ2n) is 5.90. The Kier molecular flexibility index (Phi) is 4.88. The first-order valence-corrected chi connectivity index (χ1v) is 7.71. The Morgan fingerprint density at radius 1 is 1.33 bits per heavy atom. The summed E-state index contributed by atoms with van der Waals surface area (Å²) in [4.78, 5) is 11.9. The third-order valence-corrected chi connectivity index (χ3v) is 4.37. The van der Waals surface area contributed by atoms with Crippen molar-refractivity contribution in [1.82, 2.24) is 20.4 Å². The Morgan fingerprint density at radius 3 is 2.57 bits per heavy atom. The van der Waals surface area contributed by atoms with Crippen molar-refractivity contribution in [2.24, 2.45) is 12.5 Å². The number of nitrogens with zero attached hydrogens (tertiary/aromatic N) is 2. The normalized spacial score (nSPS) is 15.8. The fraction of sp³-hybridized carbons (Fsp3) is 0.733. The van der Waals surface area contributed by atoms with Gasteiger partial charge in [0.1, 0.15) is 0 Å². The van der Waals surface area contributed by atoms with Crippen LogP contribution in [0.3, 0.4) is 0 Å². The van der Waals surface area contributed by atoms with Gasteiger partial charge in [-0.05, 0) is 25.7 Å². The highest BCUT2D eigenvalue weighted by Gasteiger charge is 2.42. The summed E-state index contributed by atoms with van der Waals surface area (Å²) in [6, 6.07) is -0.178. The number of aromatic nitrogens is 2. The standard InChI is InChI=1S/C15H26N4O2/c1-4-12-11(13(5-2)19(3)18-12)8-16-14(21)17-9-15(10-20)6-7-15/h20H,4-10H2,1-3H3,(H2,16,17,21). The molecule has 2 rings (SSSR count). The number of carbonyl (C=O) groups is 1. The topological polar surface area (TPSA) is 79.2 Å². The summed E-state index contributed by atoms with van der Waals surface area (Å²) in [5.74, 6) is 0. The maximum absolute atomic E-state index is 11.9. The van der Waals surface area contributed by atoms with E-state index in [0.29, 0.717) is 13.1 Å². The molecule has 21 heavy (non-hydrogen) atoms. The van der Waals surface area contributed by atoms with Crippen molar-refractivity contribution in [1.29, 1.82) is 0 Å². The molecule has 1 aliphatic carbocycles. The number of urea groups is 1. The molecule has 118 valence electrons. The smallest absolute Gasteiger partial charge is 0.315 e. The molecule has 1 aliphatic rings. The molecular weight excluding hydrogens is 268 g/mol. The molecule has 1 aromatic rings. The highest BCUT2D eigenvalue weighted by atomic mass is 16.3. The Balaban J connectivity index is 1.89. The van der Waals surface area contributed by atoms with E-state index in [1.165, 1.54) is 5.69 Å². The summed E-state index contributed by atoms with van der Waals surface area (Å²) in [6.45, 7) is 5.36. The number of amides is 2. The van der Waals surface area contributed by atoms with Crippen LogP contribution in [0.15, 0.2) is 0 Å². The van der Waals surface area contributed by atoms with Gasteiger partial charge in [-0.15, -0.1) is 0 Å². The van der Waals surface area contributed by atoms with Gasteiger partial charge in [-0.2, -0.15) is 5.10 Å². The Bertz CT molecular complexity index is 506. The van der Waals surface area contributed by atoms with E-state index in [1.807, 2.05) is 11.7 Å². The maximum Gasteiger partial charge on any atom is 0.315 e. The molecular formula is C15H26N4O2. The predicted octanol–water partition coefficient (Wildman–Crippen LogP) is 1.12. The van der Waals surface area contributed by atoms with Gasteiger partial charge in [0.25, 0.3) is 0 Å². The minimum atomic E-state index is -0.178. The van der Waals surface area contributed by atoms with Crippen molar-refractivity contribution in [3.05, 3.63) is 17.0 Å². The molecule has 0 radical (unpaired) electrons. The van der Waals surface area contributed by atoms with Crippen molar-refractivity contribution in [2.45, 2.75) is 46.1 Å². The van der Waals surface area contributed by atoms with Gasteiger partial charge in [0.2, 0.25) is 0 Å². The van der Waals surface area contributed by atoms with E-state index in [0.717, 1.165) is 36.9 Å². The SMILES string of the molecule is CCc1nn(C)c(CC)c1CNC(=O)NCC1(CO)CC1. The van der Waals surface area contributed by atoms with Crippen molar-refractivity contribution < 1.29 is 9.90 Å². The molecule has 1 aromatic heterocycles. The maximum atomic E-state index is 11.9. The van der Waals surface area contributed by atoms with E-state index in [2.05, 4.69) is 29.6 Å². The molecule has 1 heterocycles. The van der Waals surface area contributed by atoms with Crippen LogP contribution in [0.5, 0.6) is 0 Å². The quantitative estimate of drug-likeness (QED) is 0.705. The third-order valence-electron chi connectivity index (χ3n) is 4.37. The lowest BCUT2D eigenvalue weighted by Crippen LogP contribution is -2.39. The Hall–Kier alpha value is -1.56. The summed E-state index contributed by atoms with van der Waals surface area (Å²) in [5, 5.41) is 19.5. The minimum Gasteiger partial charge on any atom is -0.396 e. The van der Waals surface area contributed by atoms with Gasteiger partial charge in [0.05, 0.1) is 12.3 Å². The van der Waals surface area contributed by atoms with Crippen LogP contribution in [0.4, 0.5) is 4.79 Å². The average molecular weight is 294 g/mol. The van der Waals surface area contributed by atoms with E-state index in [4.69, 9.17) is 0 Å². The van der Waals surface area contributed by atoms with Crippen LogP contribution in [-0.4, -0.2) is 34.1 Å². The lowest BCUT2D eigenvalue weighted by molar-refractivity contribution is 0.203. The molecule has 1 saturated carbocycles. The number of aryl methyl sites for hydroxylation is 2. The zero-order chi connectivity index (χ0) is 15.5. The minimum absolute atomic E-state index is 0.0607. The lowest BCUT2D eigenvalue weighted by Gasteiger charge is -2.13. The van der Waals surface area contributed by atoms with Gasteiger partial charge < -0.3 is 15.7 Å². The van der Waals surface area contributed by atoms with E-state index in [9.17, 15) is 9.90 Å². The van der Waals surface area contributed by atoms with Crippen LogP contribution in [0.2, 0.25) is 0 Å².